The van der Waals surface area contributed by atoms with Gasteiger partial charge in [-0.1, -0.05) is 23.7 Å². The molecule has 3 aromatic rings. The van der Waals surface area contributed by atoms with Gasteiger partial charge in [0.1, 0.15) is 18.1 Å². The van der Waals surface area contributed by atoms with Crippen LogP contribution in [0, 0.1) is 0 Å². The van der Waals surface area contributed by atoms with Crippen LogP contribution in [-0.4, -0.2) is 49.0 Å². The van der Waals surface area contributed by atoms with Crippen molar-refractivity contribution >= 4 is 28.8 Å². The lowest BCUT2D eigenvalue weighted by Crippen LogP contribution is -2.48. The average molecular weight is 457 g/mol. The van der Waals surface area contributed by atoms with Gasteiger partial charge < -0.3 is 14.4 Å². The van der Waals surface area contributed by atoms with Gasteiger partial charge in [0.05, 0.1) is 12.0 Å². The average Bonchev–Trinajstić information content (AvgIpc) is 3.28. The Kier molecular flexibility index (Phi) is 7.12. The third-order valence-corrected chi connectivity index (χ3v) is 6.50. The molecule has 1 fully saturated rings. The first-order valence-corrected chi connectivity index (χ1v) is 11.5. The summed E-state index contributed by atoms with van der Waals surface area (Å²) in [7, 11) is 1.68. The lowest BCUT2D eigenvalue weighted by molar-refractivity contribution is 0.0633. The molecule has 0 aliphatic carbocycles. The Hall–Kier alpha value is -2.54. The molecule has 0 atom stereocenters. The molecule has 5 nitrogen and oxygen atoms in total. The molecule has 1 amide bonds. The summed E-state index contributed by atoms with van der Waals surface area (Å²) in [5.41, 5.74) is 2.22. The Morgan fingerprint density at radius 1 is 1.00 bits per heavy atom. The van der Waals surface area contributed by atoms with Gasteiger partial charge >= 0.3 is 0 Å². The SMILES string of the molecule is COc1cccc(CN2CCN(C(=O)c3cc(COc4ccc(Cl)cc4)cs3)CC2)c1. The molecule has 7 heteroatoms. The van der Waals surface area contributed by atoms with Crippen LogP contribution < -0.4 is 9.47 Å². The van der Waals surface area contributed by atoms with Crippen molar-refractivity contribution in [1.29, 1.82) is 0 Å². The number of methoxy groups -OCH3 is 1. The minimum Gasteiger partial charge on any atom is -0.497 e. The number of hydrogen-bond acceptors (Lipinski definition) is 5. The van der Waals surface area contributed by atoms with E-state index in [-0.39, 0.29) is 5.91 Å². The molecular weight excluding hydrogens is 432 g/mol. The second-order valence-corrected chi connectivity index (χ2v) is 8.83. The zero-order chi connectivity index (χ0) is 21.6. The van der Waals surface area contributed by atoms with Gasteiger partial charge in [0.2, 0.25) is 0 Å². The normalized spacial score (nSPS) is 14.5. The molecule has 4 rings (SSSR count). The highest BCUT2D eigenvalue weighted by molar-refractivity contribution is 7.12. The van der Waals surface area contributed by atoms with E-state index < -0.39 is 0 Å². The molecule has 1 saturated heterocycles. The van der Waals surface area contributed by atoms with Crippen LogP contribution >= 0.6 is 22.9 Å². The largest absolute Gasteiger partial charge is 0.497 e. The summed E-state index contributed by atoms with van der Waals surface area (Å²) in [5, 5.41) is 2.67. The van der Waals surface area contributed by atoms with Crippen LogP contribution in [0.15, 0.2) is 60.0 Å². The van der Waals surface area contributed by atoms with Gasteiger partial charge in [0.15, 0.2) is 0 Å². The van der Waals surface area contributed by atoms with Gasteiger partial charge in [-0.25, -0.2) is 0 Å². The van der Waals surface area contributed by atoms with Gasteiger partial charge in [-0.3, -0.25) is 9.69 Å². The number of rotatable bonds is 7. The summed E-state index contributed by atoms with van der Waals surface area (Å²) in [6, 6.07) is 17.4. The molecule has 0 radical (unpaired) electrons. The minimum absolute atomic E-state index is 0.101. The molecule has 0 saturated carbocycles. The lowest BCUT2D eigenvalue weighted by Gasteiger charge is -2.34. The Morgan fingerprint density at radius 3 is 2.52 bits per heavy atom. The van der Waals surface area contributed by atoms with Crippen LogP contribution in [0.25, 0.3) is 0 Å². The van der Waals surface area contributed by atoms with E-state index in [1.807, 2.05) is 40.6 Å². The number of hydrogen-bond donors (Lipinski definition) is 0. The van der Waals surface area contributed by atoms with Crippen LogP contribution in [0.4, 0.5) is 0 Å². The molecule has 162 valence electrons. The van der Waals surface area contributed by atoms with Crippen molar-refractivity contribution in [2.45, 2.75) is 13.2 Å². The van der Waals surface area contributed by atoms with Crippen LogP contribution in [-0.2, 0) is 13.2 Å². The minimum atomic E-state index is 0.101. The van der Waals surface area contributed by atoms with Crippen molar-refractivity contribution < 1.29 is 14.3 Å². The van der Waals surface area contributed by atoms with E-state index in [2.05, 4.69) is 17.0 Å². The first-order valence-electron chi connectivity index (χ1n) is 10.2. The number of ether oxygens (including phenoxy) is 2. The summed E-state index contributed by atoms with van der Waals surface area (Å²) in [6.45, 7) is 4.49. The maximum absolute atomic E-state index is 12.9. The quantitative estimate of drug-likeness (QED) is 0.504. The summed E-state index contributed by atoms with van der Waals surface area (Å²) < 4.78 is 11.1. The fourth-order valence-corrected chi connectivity index (χ4v) is 4.54. The van der Waals surface area contributed by atoms with E-state index in [0.29, 0.717) is 11.6 Å². The molecule has 0 bridgehead atoms. The number of halogens is 1. The van der Waals surface area contributed by atoms with Crippen molar-refractivity contribution in [3.05, 3.63) is 81.0 Å². The maximum Gasteiger partial charge on any atom is 0.264 e. The predicted octanol–water partition coefficient (Wildman–Crippen LogP) is 4.95. The molecule has 1 aliphatic rings. The van der Waals surface area contributed by atoms with Crippen LogP contribution in [0.3, 0.4) is 0 Å². The zero-order valence-electron chi connectivity index (χ0n) is 17.4. The fraction of sp³-hybridized carbons (Fsp3) is 0.292. The lowest BCUT2D eigenvalue weighted by atomic mass is 10.2. The third kappa shape index (κ3) is 5.79. The Morgan fingerprint density at radius 2 is 1.77 bits per heavy atom. The van der Waals surface area contributed by atoms with E-state index in [1.54, 1.807) is 19.2 Å². The molecule has 0 spiro atoms. The van der Waals surface area contributed by atoms with E-state index in [4.69, 9.17) is 21.1 Å². The molecule has 0 N–H and O–H groups in total. The molecule has 2 heterocycles. The Labute approximate surface area is 191 Å². The highest BCUT2D eigenvalue weighted by Gasteiger charge is 2.23. The van der Waals surface area contributed by atoms with E-state index in [0.717, 1.165) is 54.7 Å². The number of carbonyl (C=O) groups is 1. The van der Waals surface area contributed by atoms with Crippen molar-refractivity contribution in [3.8, 4) is 11.5 Å². The predicted molar refractivity (Wildman–Crippen MR) is 124 cm³/mol. The smallest absolute Gasteiger partial charge is 0.264 e. The second-order valence-electron chi connectivity index (χ2n) is 7.48. The fourth-order valence-electron chi connectivity index (χ4n) is 3.55. The van der Waals surface area contributed by atoms with Gasteiger partial charge in [-0.15, -0.1) is 11.3 Å². The van der Waals surface area contributed by atoms with Crippen LogP contribution in [0.1, 0.15) is 20.8 Å². The van der Waals surface area contributed by atoms with E-state index >= 15 is 0 Å². The highest BCUT2D eigenvalue weighted by atomic mass is 35.5. The van der Waals surface area contributed by atoms with Crippen LogP contribution in [0.5, 0.6) is 11.5 Å². The molecule has 2 aromatic carbocycles. The monoisotopic (exact) mass is 456 g/mol. The van der Waals surface area contributed by atoms with Crippen molar-refractivity contribution in [3.63, 3.8) is 0 Å². The molecule has 0 unspecified atom stereocenters. The topological polar surface area (TPSA) is 42.0 Å². The van der Waals surface area contributed by atoms with Crippen molar-refractivity contribution in [2.75, 3.05) is 33.3 Å². The van der Waals surface area contributed by atoms with E-state index in [9.17, 15) is 4.79 Å². The Balaban J connectivity index is 1.27. The van der Waals surface area contributed by atoms with Crippen molar-refractivity contribution in [1.82, 2.24) is 9.80 Å². The molecule has 31 heavy (non-hydrogen) atoms. The van der Waals surface area contributed by atoms with Gasteiger partial charge in [-0.2, -0.15) is 0 Å². The number of benzene rings is 2. The summed E-state index contributed by atoms with van der Waals surface area (Å²) in [5.74, 6) is 1.74. The zero-order valence-corrected chi connectivity index (χ0v) is 19.0. The third-order valence-electron chi connectivity index (χ3n) is 5.28. The standard InChI is InChI=1S/C24H25ClN2O3S/c1-29-22-4-2-3-18(13-22)15-26-9-11-27(12-10-26)24(28)23-14-19(17-31-23)16-30-21-7-5-20(25)6-8-21/h2-8,13-14,17H,9-12,15-16H2,1H3. The number of thiophene rings is 1. The highest BCUT2D eigenvalue weighted by Crippen LogP contribution is 2.22. The maximum atomic E-state index is 12.9. The number of amides is 1. The first kappa shape index (κ1) is 21.7. The number of carbonyl (C=O) groups excluding carboxylic acids is 1. The van der Waals surface area contributed by atoms with Gasteiger partial charge in [0, 0.05) is 43.3 Å². The molecule has 1 aromatic heterocycles. The summed E-state index contributed by atoms with van der Waals surface area (Å²) >= 11 is 7.38. The summed E-state index contributed by atoms with van der Waals surface area (Å²) in [4.78, 5) is 18.0. The Bertz CT molecular complexity index is 1010. The van der Waals surface area contributed by atoms with Gasteiger partial charge in [0.25, 0.3) is 5.91 Å². The van der Waals surface area contributed by atoms with Crippen molar-refractivity contribution in [2.24, 2.45) is 0 Å². The first-order chi connectivity index (χ1) is 15.1. The van der Waals surface area contributed by atoms with Gasteiger partial charge in [-0.05, 0) is 53.4 Å². The number of nitrogens with zero attached hydrogens (tertiary/aromatic N) is 2. The van der Waals surface area contributed by atoms with Crippen LogP contribution in [0.2, 0.25) is 5.02 Å². The van der Waals surface area contributed by atoms with E-state index in [1.165, 1.54) is 16.9 Å². The second kappa shape index (κ2) is 10.2. The number of piperazine rings is 1. The summed E-state index contributed by atoms with van der Waals surface area (Å²) in [6.07, 6.45) is 0. The molecule has 1 aliphatic heterocycles. The molecular formula is C24H25ClN2O3S.